The van der Waals surface area contributed by atoms with Gasteiger partial charge in [0.15, 0.2) is 0 Å². The quantitative estimate of drug-likeness (QED) is 0.702. The van der Waals surface area contributed by atoms with Gasteiger partial charge >= 0.3 is 0 Å². The van der Waals surface area contributed by atoms with Crippen molar-refractivity contribution in [2.75, 3.05) is 0 Å². The SMILES string of the molecule is CC(C)(C)c1c(CC2CC2)ccc2c1CCC2. The number of hydrogen-bond acceptors (Lipinski definition) is 0. The number of fused-ring (bicyclic) bond motifs is 1. The van der Waals surface area contributed by atoms with E-state index in [4.69, 9.17) is 0 Å². The first-order chi connectivity index (χ1) is 8.05. The molecule has 0 saturated heterocycles. The highest BCUT2D eigenvalue weighted by molar-refractivity contribution is 5.47. The van der Waals surface area contributed by atoms with Crippen molar-refractivity contribution in [2.45, 2.75) is 64.7 Å². The van der Waals surface area contributed by atoms with Crippen LogP contribution in [0.15, 0.2) is 12.1 Å². The molecule has 0 spiro atoms. The molecule has 0 atom stereocenters. The molecule has 1 aromatic carbocycles. The lowest BCUT2D eigenvalue weighted by Crippen LogP contribution is -2.17. The van der Waals surface area contributed by atoms with Gasteiger partial charge in [0.1, 0.15) is 0 Å². The lowest BCUT2D eigenvalue weighted by Gasteiger charge is -2.27. The molecule has 0 radical (unpaired) electrons. The van der Waals surface area contributed by atoms with E-state index in [2.05, 4.69) is 32.9 Å². The predicted octanol–water partition coefficient (Wildman–Crippen LogP) is 4.43. The maximum absolute atomic E-state index is 2.43. The molecular formula is C17H24. The highest BCUT2D eigenvalue weighted by Crippen LogP contribution is 2.40. The van der Waals surface area contributed by atoms with E-state index in [9.17, 15) is 0 Å². The van der Waals surface area contributed by atoms with Crippen LogP contribution in [0.5, 0.6) is 0 Å². The fourth-order valence-electron chi connectivity index (χ4n) is 3.45. The average Bonchev–Trinajstić information content (AvgIpc) is 2.92. The molecule has 0 heterocycles. The minimum Gasteiger partial charge on any atom is -0.0585 e. The molecule has 1 fully saturated rings. The molecule has 0 aromatic heterocycles. The molecule has 0 unspecified atom stereocenters. The van der Waals surface area contributed by atoms with E-state index < -0.39 is 0 Å². The summed E-state index contributed by atoms with van der Waals surface area (Å²) in [6.07, 6.45) is 8.25. The van der Waals surface area contributed by atoms with Crippen LogP contribution in [0.2, 0.25) is 0 Å². The first-order valence-electron chi connectivity index (χ1n) is 7.20. The zero-order chi connectivity index (χ0) is 12.0. The zero-order valence-electron chi connectivity index (χ0n) is 11.5. The van der Waals surface area contributed by atoms with E-state index in [0.717, 1.165) is 5.92 Å². The van der Waals surface area contributed by atoms with Crippen LogP contribution in [0.4, 0.5) is 0 Å². The van der Waals surface area contributed by atoms with Gasteiger partial charge in [0, 0.05) is 0 Å². The van der Waals surface area contributed by atoms with Gasteiger partial charge in [-0.05, 0) is 72.1 Å². The lowest BCUT2D eigenvalue weighted by molar-refractivity contribution is 0.572. The number of rotatable bonds is 2. The summed E-state index contributed by atoms with van der Waals surface area (Å²) in [5.41, 5.74) is 7.00. The van der Waals surface area contributed by atoms with E-state index in [0.29, 0.717) is 5.41 Å². The van der Waals surface area contributed by atoms with Crippen LogP contribution in [0.25, 0.3) is 0 Å². The number of aryl methyl sites for hydroxylation is 1. The molecule has 2 aliphatic carbocycles. The second kappa shape index (κ2) is 3.86. The molecule has 0 heteroatoms. The second-order valence-electron chi connectivity index (χ2n) is 6.99. The monoisotopic (exact) mass is 228 g/mol. The van der Waals surface area contributed by atoms with Gasteiger partial charge in [0.25, 0.3) is 0 Å². The smallest absolute Gasteiger partial charge is 0.0126 e. The van der Waals surface area contributed by atoms with E-state index >= 15 is 0 Å². The molecular weight excluding hydrogens is 204 g/mol. The van der Waals surface area contributed by atoms with Crippen LogP contribution in [0, 0.1) is 5.92 Å². The Balaban J connectivity index is 2.07. The fraction of sp³-hybridized carbons (Fsp3) is 0.647. The van der Waals surface area contributed by atoms with Crippen LogP contribution in [-0.2, 0) is 24.7 Å². The maximum atomic E-state index is 2.43. The topological polar surface area (TPSA) is 0 Å². The molecule has 92 valence electrons. The first kappa shape index (κ1) is 11.3. The highest BCUT2D eigenvalue weighted by Gasteiger charge is 2.29. The molecule has 2 aliphatic rings. The van der Waals surface area contributed by atoms with Crippen LogP contribution >= 0.6 is 0 Å². The largest absolute Gasteiger partial charge is 0.0585 e. The van der Waals surface area contributed by atoms with Crippen molar-refractivity contribution in [3.05, 3.63) is 34.4 Å². The third-order valence-corrected chi connectivity index (χ3v) is 4.32. The molecule has 0 nitrogen and oxygen atoms in total. The van der Waals surface area contributed by atoms with Crippen molar-refractivity contribution in [3.8, 4) is 0 Å². The van der Waals surface area contributed by atoms with Crippen LogP contribution < -0.4 is 0 Å². The Kier molecular flexibility index (Phi) is 2.57. The van der Waals surface area contributed by atoms with E-state index in [1.54, 1.807) is 22.3 Å². The molecule has 1 saturated carbocycles. The van der Waals surface area contributed by atoms with E-state index in [-0.39, 0.29) is 0 Å². The normalized spacial score (nSPS) is 19.5. The number of hydrogen-bond donors (Lipinski definition) is 0. The highest BCUT2D eigenvalue weighted by atomic mass is 14.3. The van der Waals surface area contributed by atoms with Crippen molar-refractivity contribution in [1.29, 1.82) is 0 Å². The third-order valence-electron chi connectivity index (χ3n) is 4.32. The van der Waals surface area contributed by atoms with Crippen LogP contribution in [0.1, 0.15) is 62.3 Å². The average molecular weight is 228 g/mol. The summed E-state index contributed by atoms with van der Waals surface area (Å²) in [7, 11) is 0. The molecule has 1 aromatic rings. The first-order valence-corrected chi connectivity index (χ1v) is 7.20. The lowest BCUT2D eigenvalue weighted by atomic mass is 9.78. The third kappa shape index (κ3) is 2.14. The Morgan fingerprint density at radius 2 is 1.88 bits per heavy atom. The Hall–Kier alpha value is -0.780. The minimum atomic E-state index is 0.319. The molecule has 3 rings (SSSR count). The maximum Gasteiger partial charge on any atom is -0.0126 e. The van der Waals surface area contributed by atoms with Gasteiger partial charge in [-0.2, -0.15) is 0 Å². The molecule has 0 bridgehead atoms. The Morgan fingerprint density at radius 1 is 1.12 bits per heavy atom. The van der Waals surface area contributed by atoms with Crippen molar-refractivity contribution >= 4 is 0 Å². The molecule has 0 amide bonds. The summed E-state index contributed by atoms with van der Waals surface area (Å²) >= 11 is 0. The summed E-state index contributed by atoms with van der Waals surface area (Å²) in [5, 5.41) is 0. The van der Waals surface area contributed by atoms with E-state index in [1.807, 2.05) is 0 Å². The van der Waals surface area contributed by atoms with Gasteiger partial charge in [-0.3, -0.25) is 0 Å². The molecule has 0 N–H and O–H groups in total. The summed E-state index contributed by atoms with van der Waals surface area (Å²) in [6.45, 7) is 7.16. The van der Waals surface area contributed by atoms with Gasteiger partial charge in [0.05, 0.1) is 0 Å². The summed E-state index contributed by atoms with van der Waals surface area (Å²) in [4.78, 5) is 0. The van der Waals surface area contributed by atoms with Gasteiger partial charge in [0.2, 0.25) is 0 Å². The van der Waals surface area contributed by atoms with E-state index in [1.165, 1.54) is 38.5 Å². The Labute approximate surface area is 105 Å². The van der Waals surface area contributed by atoms with Crippen molar-refractivity contribution in [3.63, 3.8) is 0 Å². The van der Waals surface area contributed by atoms with Gasteiger partial charge in [-0.15, -0.1) is 0 Å². The van der Waals surface area contributed by atoms with Gasteiger partial charge in [-0.1, -0.05) is 32.9 Å². The standard InChI is InChI=1S/C17H24/c1-17(2,3)16-14(11-12-7-8-12)10-9-13-5-4-6-15(13)16/h9-10,12H,4-8,11H2,1-3H3. The Morgan fingerprint density at radius 3 is 2.53 bits per heavy atom. The summed E-state index contributed by atoms with van der Waals surface area (Å²) in [5.74, 6) is 0.996. The van der Waals surface area contributed by atoms with Crippen molar-refractivity contribution in [1.82, 2.24) is 0 Å². The molecule has 0 aliphatic heterocycles. The van der Waals surface area contributed by atoms with Crippen molar-refractivity contribution in [2.24, 2.45) is 5.92 Å². The molecule has 17 heavy (non-hydrogen) atoms. The fourth-order valence-corrected chi connectivity index (χ4v) is 3.45. The summed E-state index contributed by atoms with van der Waals surface area (Å²) < 4.78 is 0. The van der Waals surface area contributed by atoms with Crippen molar-refractivity contribution < 1.29 is 0 Å². The number of benzene rings is 1. The zero-order valence-corrected chi connectivity index (χ0v) is 11.5. The second-order valence-corrected chi connectivity index (χ2v) is 6.99. The van der Waals surface area contributed by atoms with Crippen LogP contribution in [-0.4, -0.2) is 0 Å². The predicted molar refractivity (Wildman–Crippen MR) is 73.6 cm³/mol. The summed E-state index contributed by atoms with van der Waals surface area (Å²) in [6, 6.07) is 4.85. The van der Waals surface area contributed by atoms with Gasteiger partial charge < -0.3 is 0 Å². The minimum absolute atomic E-state index is 0.319. The van der Waals surface area contributed by atoms with Crippen LogP contribution in [0.3, 0.4) is 0 Å². The van der Waals surface area contributed by atoms with Gasteiger partial charge in [-0.25, -0.2) is 0 Å². The Bertz CT molecular complexity index is 430.